The Bertz CT molecular complexity index is 199. The van der Waals surface area contributed by atoms with Gasteiger partial charge in [0.1, 0.15) is 0 Å². The standard InChI is InChI=1S/C6H10N2O4.Pt/c7-11-4(9)6(2-1-3-6)5(10)12-8;/h1-3,7-8H2;/q;+2. The molecule has 0 bridgehead atoms. The summed E-state index contributed by atoms with van der Waals surface area (Å²) in [6.07, 6.45) is 1.54. The molecule has 1 saturated carbocycles. The average Bonchev–Trinajstić information content (AvgIpc) is 2.01. The van der Waals surface area contributed by atoms with Crippen molar-refractivity contribution in [1.82, 2.24) is 0 Å². The number of carbonyl (C=O) groups is 2. The molecule has 0 aromatic heterocycles. The molecule has 76 valence electrons. The first-order chi connectivity index (χ1) is 5.67. The Morgan fingerprint density at radius 3 is 1.62 bits per heavy atom. The van der Waals surface area contributed by atoms with Crippen molar-refractivity contribution in [3.63, 3.8) is 0 Å². The van der Waals surface area contributed by atoms with Gasteiger partial charge in [0.25, 0.3) is 0 Å². The molecule has 0 aromatic carbocycles. The maximum absolute atomic E-state index is 11.0. The summed E-state index contributed by atoms with van der Waals surface area (Å²) in [5.74, 6) is 7.78. The molecule has 0 spiro atoms. The smallest absolute Gasteiger partial charge is 0.372 e. The van der Waals surface area contributed by atoms with Crippen LogP contribution in [0.2, 0.25) is 0 Å². The summed E-state index contributed by atoms with van der Waals surface area (Å²) in [5.41, 5.74) is -1.23. The molecule has 13 heavy (non-hydrogen) atoms. The van der Waals surface area contributed by atoms with Crippen molar-refractivity contribution >= 4 is 11.9 Å². The van der Waals surface area contributed by atoms with Crippen molar-refractivity contribution in [2.24, 2.45) is 17.2 Å². The fourth-order valence-corrected chi connectivity index (χ4v) is 1.25. The SMILES string of the molecule is NOC(=O)C1(C(=O)ON)CCC1.[Pt+2]. The minimum atomic E-state index is -1.23. The van der Waals surface area contributed by atoms with E-state index in [1.54, 1.807) is 0 Å². The Kier molecular flexibility index (Phi) is 4.53. The molecule has 0 aliphatic heterocycles. The average molecular weight is 369 g/mol. The van der Waals surface area contributed by atoms with Crippen LogP contribution in [-0.4, -0.2) is 11.9 Å². The van der Waals surface area contributed by atoms with Crippen LogP contribution >= 0.6 is 0 Å². The van der Waals surface area contributed by atoms with Gasteiger partial charge in [0.2, 0.25) is 0 Å². The molecule has 6 nitrogen and oxygen atoms in total. The van der Waals surface area contributed by atoms with Gasteiger partial charge < -0.3 is 9.68 Å². The van der Waals surface area contributed by atoms with Crippen LogP contribution in [0.3, 0.4) is 0 Å². The zero-order valence-electron chi connectivity index (χ0n) is 6.73. The molecule has 0 amide bonds. The van der Waals surface area contributed by atoms with Gasteiger partial charge in [0.05, 0.1) is 0 Å². The first kappa shape index (κ1) is 12.5. The monoisotopic (exact) mass is 369 g/mol. The third-order valence-electron chi connectivity index (χ3n) is 2.20. The van der Waals surface area contributed by atoms with Crippen LogP contribution in [0.5, 0.6) is 0 Å². The Morgan fingerprint density at radius 1 is 1.08 bits per heavy atom. The minimum absolute atomic E-state index is 0. The van der Waals surface area contributed by atoms with Crippen molar-refractivity contribution in [2.45, 2.75) is 19.3 Å². The molecular weight excluding hydrogens is 359 g/mol. The fraction of sp³-hybridized carbons (Fsp3) is 0.667. The molecule has 1 rings (SSSR count). The number of nitrogens with two attached hydrogens (primary N) is 2. The molecular formula is C6H10N2O4Pt+2. The molecule has 0 atom stereocenters. The number of hydrogen-bond donors (Lipinski definition) is 2. The molecule has 1 aliphatic rings. The van der Waals surface area contributed by atoms with E-state index < -0.39 is 17.4 Å². The van der Waals surface area contributed by atoms with Crippen LogP contribution in [0, 0.1) is 5.41 Å². The summed E-state index contributed by atoms with van der Waals surface area (Å²) in [6.45, 7) is 0. The molecule has 1 fully saturated rings. The van der Waals surface area contributed by atoms with Gasteiger partial charge in [-0.05, 0) is 19.3 Å². The van der Waals surface area contributed by atoms with Crippen LogP contribution in [0.4, 0.5) is 0 Å². The first-order valence-corrected chi connectivity index (χ1v) is 3.50. The van der Waals surface area contributed by atoms with Crippen molar-refractivity contribution in [3.05, 3.63) is 0 Å². The van der Waals surface area contributed by atoms with E-state index in [0.29, 0.717) is 12.8 Å². The molecule has 0 aromatic rings. The summed E-state index contributed by atoms with van der Waals surface area (Å²) < 4.78 is 0. The maximum atomic E-state index is 11.0. The topological polar surface area (TPSA) is 105 Å². The van der Waals surface area contributed by atoms with Gasteiger partial charge in [-0.15, -0.1) is 0 Å². The van der Waals surface area contributed by atoms with Crippen molar-refractivity contribution in [2.75, 3.05) is 0 Å². The number of hydrogen-bond acceptors (Lipinski definition) is 6. The van der Waals surface area contributed by atoms with E-state index in [1.807, 2.05) is 0 Å². The Hall–Kier alpha value is -0.452. The predicted octanol–water partition coefficient (Wildman–Crippen LogP) is -1.01. The van der Waals surface area contributed by atoms with E-state index in [0.717, 1.165) is 6.42 Å². The van der Waals surface area contributed by atoms with E-state index in [4.69, 9.17) is 0 Å². The molecule has 0 heterocycles. The minimum Gasteiger partial charge on any atom is -0.372 e. The summed E-state index contributed by atoms with van der Waals surface area (Å²) in [4.78, 5) is 30.0. The number of rotatable bonds is 2. The fourth-order valence-electron chi connectivity index (χ4n) is 1.25. The molecule has 4 N–H and O–H groups in total. The summed E-state index contributed by atoms with van der Waals surface area (Å²) in [5, 5.41) is 0. The maximum Gasteiger partial charge on any atom is 2.00 e. The molecule has 7 heteroatoms. The molecule has 0 unspecified atom stereocenters. The zero-order valence-corrected chi connectivity index (χ0v) is 9.00. The summed E-state index contributed by atoms with van der Waals surface area (Å²) >= 11 is 0. The second kappa shape index (κ2) is 4.69. The van der Waals surface area contributed by atoms with Crippen LogP contribution in [-0.2, 0) is 40.3 Å². The van der Waals surface area contributed by atoms with Gasteiger partial charge in [-0.3, -0.25) is 0 Å². The normalized spacial score (nSPS) is 17.7. The predicted molar refractivity (Wildman–Crippen MR) is 36.8 cm³/mol. The Morgan fingerprint density at radius 2 is 1.46 bits per heavy atom. The molecule has 1 aliphatic carbocycles. The second-order valence-corrected chi connectivity index (χ2v) is 2.75. The van der Waals surface area contributed by atoms with Crippen LogP contribution in [0.1, 0.15) is 19.3 Å². The van der Waals surface area contributed by atoms with Crippen LogP contribution < -0.4 is 11.8 Å². The molecule has 0 saturated heterocycles. The van der Waals surface area contributed by atoms with Crippen LogP contribution in [0.25, 0.3) is 0 Å². The Labute approximate surface area is 89.1 Å². The van der Waals surface area contributed by atoms with Gasteiger partial charge in [0, 0.05) is 0 Å². The molecule has 0 radical (unpaired) electrons. The van der Waals surface area contributed by atoms with E-state index in [2.05, 4.69) is 21.5 Å². The first-order valence-electron chi connectivity index (χ1n) is 3.50. The third-order valence-corrected chi connectivity index (χ3v) is 2.20. The van der Waals surface area contributed by atoms with E-state index in [9.17, 15) is 9.59 Å². The Balaban J connectivity index is 0.00000144. The van der Waals surface area contributed by atoms with Crippen molar-refractivity contribution in [1.29, 1.82) is 0 Å². The zero-order chi connectivity index (χ0) is 9.19. The van der Waals surface area contributed by atoms with E-state index in [-0.39, 0.29) is 21.1 Å². The van der Waals surface area contributed by atoms with Gasteiger partial charge in [0.15, 0.2) is 5.41 Å². The summed E-state index contributed by atoms with van der Waals surface area (Å²) in [7, 11) is 0. The third kappa shape index (κ3) is 1.90. The van der Waals surface area contributed by atoms with Crippen molar-refractivity contribution < 1.29 is 40.3 Å². The quantitative estimate of drug-likeness (QED) is 0.477. The van der Waals surface area contributed by atoms with E-state index in [1.165, 1.54) is 0 Å². The number of carbonyl (C=O) groups excluding carboxylic acids is 2. The summed E-state index contributed by atoms with van der Waals surface area (Å²) in [6, 6.07) is 0. The van der Waals surface area contributed by atoms with Crippen molar-refractivity contribution in [3.8, 4) is 0 Å². The van der Waals surface area contributed by atoms with E-state index >= 15 is 0 Å². The van der Waals surface area contributed by atoms with Gasteiger partial charge in [-0.25, -0.2) is 9.59 Å². The van der Waals surface area contributed by atoms with Gasteiger partial charge in [-0.1, -0.05) is 0 Å². The van der Waals surface area contributed by atoms with Crippen LogP contribution in [0.15, 0.2) is 0 Å². The largest absolute Gasteiger partial charge is 2.00 e. The second-order valence-electron chi connectivity index (χ2n) is 2.75. The van der Waals surface area contributed by atoms with Gasteiger partial charge >= 0.3 is 33.0 Å². The van der Waals surface area contributed by atoms with Gasteiger partial charge in [-0.2, -0.15) is 11.8 Å².